The molecule has 2 aliphatic rings. The van der Waals surface area contributed by atoms with E-state index in [0.717, 1.165) is 37.9 Å². The van der Waals surface area contributed by atoms with Crippen LogP contribution < -0.4 is 10.2 Å². The van der Waals surface area contributed by atoms with E-state index < -0.39 is 16.6 Å². The normalized spacial score (nSPS) is 19.9. The number of thioether (sulfide) groups is 1. The van der Waals surface area contributed by atoms with Gasteiger partial charge in [-0.2, -0.15) is 9.97 Å². The van der Waals surface area contributed by atoms with Crippen LogP contribution in [0.3, 0.4) is 0 Å². The number of carbonyl (C=O) groups excluding carboxylic acids is 1. The third-order valence-electron chi connectivity index (χ3n) is 5.89. The van der Waals surface area contributed by atoms with Crippen LogP contribution in [0.15, 0.2) is 5.16 Å². The fourth-order valence-electron chi connectivity index (χ4n) is 4.15. The number of amides is 1. The predicted octanol–water partition coefficient (Wildman–Crippen LogP) is 5.96. The van der Waals surface area contributed by atoms with Gasteiger partial charge in [-0.3, -0.25) is 15.0 Å². The van der Waals surface area contributed by atoms with E-state index in [0.29, 0.717) is 24.8 Å². The molecule has 11 nitrogen and oxygen atoms in total. The van der Waals surface area contributed by atoms with Gasteiger partial charge in [0.25, 0.3) is 0 Å². The highest BCUT2D eigenvalue weighted by Crippen LogP contribution is 2.41. The maximum atomic E-state index is 13.2. The average molecular weight is 554 g/mol. The van der Waals surface area contributed by atoms with E-state index in [2.05, 4.69) is 15.3 Å². The van der Waals surface area contributed by atoms with E-state index in [4.69, 9.17) is 14.2 Å². The zero-order chi connectivity index (χ0) is 28.1. The largest absolute Gasteiger partial charge is 0.443 e. The van der Waals surface area contributed by atoms with Crippen LogP contribution in [0.2, 0.25) is 0 Å². The lowest BCUT2D eigenvalue weighted by Gasteiger charge is -2.27. The van der Waals surface area contributed by atoms with Crippen molar-refractivity contribution in [2.24, 2.45) is 0 Å². The monoisotopic (exact) mass is 553 g/mol. The standard InChI is InChI=1S/C26H43N5O6S/c1-8-15-38-23-28-21(27-17-9-12-19(16-17)35-13-14-36-25(2,3)4)20(31(33)34)22(29-23)30(18-10-11-18)24(32)37-26(5,6)7/h17-19H,8-16H2,1-7H3,(H,27,28,29). The van der Waals surface area contributed by atoms with Crippen molar-refractivity contribution < 1.29 is 23.9 Å². The number of nitrogens with one attached hydrogen (secondary N) is 1. The molecule has 0 bridgehead atoms. The molecule has 2 unspecified atom stereocenters. The van der Waals surface area contributed by atoms with Gasteiger partial charge in [-0.1, -0.05) is 18.7 Å². The molecule has 2 saturated carbocycles. The number of carbonyl (C=O) groups is 1. The second-order valence-electron chi connectivity index (χ2n) is 11.8. The summed E-state index contributed by atoms with van der Waals surface area (Å²) in [5.41, 5.74) is -1.26. The first-order valence-electron chi connectivity index (χ1n) is 13.5. The van der Waals surface area contributed by atoms with Gasteiger partial charge in [0, 0.05) is 17.8 Å². The van der Waals surface area contributed by atoms with Crippen molar-refractivity contribution in [3.63, 3.8) is 0 Å². The first-order chi connectivity index (χ1) is 17.8. The second kappa shape index (κ2) is 12.8. The molecule has 38 heavy (non-hydrogen) atoms. The molecule has 12 heteroatoms. The summed E-state index contributed by atoms with van der Waals surface area (Å²) in [6.45, 7) is 14.4. The van der Waals surface area contributed by atoms with Crippen molar-refractivity contribution in [1.82, 2.24) is 9.97 Å². The molecule has 2 fully saturated rings. The molecule has 0 aliphatic heterocycles. The Labute approximate surface area is 229 Å². The Hall–Kier alpha value is -2.18. The maximum absolute atomic E-state index is 13.2. The summed E-state index contributed by atoms with van der Waals surface area (Å²) in [6, 6.07) is -0.236. The van der Waals surface area contributed by atoms with Gasteiger partial charge in [0.05, 0.1) is 29.8 Å². The second-order valence-corrected chi connectivity index (χ2v) is 12.9. The van der Waals surface area contributed by atoms with Gasteiger partial charge in [-0.15, -0.1) is 0 Å². The Kier molecular flexibility index (Phi) is 10.2. The Morgan fingerprint density at radius 3 is 2.39 bits per heavy atom. The van der Waals surface area contributed by atoms with Crippen LogP contribution >= 0.6 is 11.8 Å². The van der Waals surface area contributed by atoms with E-state index in [1.54, 1.807) is 20.8 Å². The van der Waals surface area contributed by atoms with Crippen molar-refractivity contribution in [2.45, 2.75) is 122 Å². The highest BCUT2D eigenvalue weighted by atomic mass is 32.2. The molecule has 1 aromatic heterocycles. The van der Waals surface area contributed by atoms with Gasteiger partial charge >= 0.3 is 11.8 Å². The molecular formula is C26H43N5O6S. The zero-order valence-corrected chi connectivity index (χ0v) is 24.6. The van der Waals surface area contributed by atoms with E-state index in [1.165, 1.54) is 16.7 Å². The first kappa shape index (κ1) is 30.4. The number of ether oxygens (including phenoxy) is 3. The lowest BCUT2D eigenvalue weighted by molar-refractivity contribution is -0.383. The number of rotatable bonds is 12. The van der Waals surface area contributed by atoms with Crippen molar-refractivity contribution >= 4 is 35.2 Å². The fraction of sp³-hybridized carbons (Fsp3) is 0.808. The van der Waals surface area contributed by atoms with Crippen LogP contribution in [0, 0.1) is 10.1 Å². The van der Waals surface area contributed by atoms with Gasteiger partial charge in [-0.25, -0.2) is 4.79 Å². The van der Waals surface area contributed by atoms with Crippen molar-refractivity contribution in [1.29, 1.82) is 0 Å². The van der Waals surface area contributed by atoms with Gasteiger partial charge in [0.2, 0.25) is 11.6 Å². The summed E-state index contributed by atoms with van der Waals surface area (Å²) in [4.78, 5) is 35.5. The summed E-state index contributed by atoms with van der Waals surface area (Å²) in [5.74, 6) is 0.880. The molecule has 1 amide bonds. The minimum absolute atomic E-state index is 0.00650. The molecule has 0 aromatic carbocycles. The van der Waals surface area contributed by atoms with Crippen LogP contribution in [0.1, 0.15) is 87.0 Å². The number of aromatic nitrogens is 2. The van der Waals surface area contributed by atoms with Gasteiger partial charge < -0.3 is 19.5 Å². The maximum Gasteiger partial charge on any atom is 0.416 e. The van der Waals surface area contributed by atoms with Crippen molar-refractivity contribution in [2.75, 3.05) is 29.2 Å². The summed E-state index contributed by atoms with van der Waals surface area (Å²) in [6.07, 6.45) is 4.09. The lowest BCUT2D eigenvalue weighted by Crippen LogP contribution is -2.39. The molecule has 1 N–H and O–H groups in total. The first-order valence-corrected chi connectivity index (χ1v) is 14.5. The molecular weight excluding hydrogens is 510 g/mol. The van der Waals surface area contributed by atoms with Crippen molar-refractivity contribution in [3.8, 4) is 0 Å². The van der Waals surface area contributed by atoms with Crippen LogP contribution in [0.5, 0.6) is 0 Å². The Bertz CT molecular complexity index is 976. The average Bonchev–Trinajstić information content (AvgIpc) is 3.51. The number of hydrogen-bond donors (Lipinski definition) is 1. The molecule has 0 radical (unpaired) electrons. The third kappa shape index (κ3) is 9.23. The fourth-order valence-corrected chi connectivity index (χ4v) is 4.84. The predicted molar refractivity (Wildman–Crippen MR) is 148 cm³/mol. The highest BCUT2D eigenvalue weighted by molar-refractivity contribution is 7.99. The van der Waals surface area contributed by atoms with E-state index in [1.807, 2.05) is 27.7 Å². The number of anilines is 2. The molecule has 2 aliphatic carbocycles. The van der Waals surface area contributed by atoms with Crippen LogP contribution in [-0.2, 0) is 14.2 Å². The molecule has 1 heterocycles. The lowest BCUT2D eigenvalue weighted by atomic mass is 10.2. The van der Waals surface area contributed by atoms with E-state index in [9.17, 15) is 14.9 Å². The van der Waals surface area contributed by atoms with E-state index in [-0.39, 0.29) is 41.1 Å². The smallest absolute Gasteiger partial charge is 0.416 e. The third-order valence-corrected chi connectivity index (χ3v) is 6.94. The summed E-state index contributed by atoms with van der Waals surface area (Å²) in [5, 5.41) is 16.1. The Morgan fingerprint density at radius 2 is 1.82 bits per heavy atom. The molecule has 0 spiro atoms. The van der Waals surface area contributed by atoms with Crippen LogP contribution in [0.4, 0.5) is 22.1 Å². The number of nitrogens with zero attached hydrogens (tertiary/aromatic N) is 4. The Morgan fingerprint density at radius 1 is 1.11 bits per heavy atom. The summed E-state index contributed by atoms with van der Waals surface area (Å²) >= 11 is 1.42. The van der Waals surface area contributed by atoms with Crippen LogP contribution in [0.25, 0.3) is 0 Å². The highest BCUT2D eigenvalue weighted by Gasteiger charge is 2.43. The minimum atomic E-state index is -0.746. The molecule has 214 valence electrons. The van der Waals surface area contributed by atoms with Gasteiger partial charge in [0.15, 0.2) is 5.16 Å². The SMILES string of the molecule is CCCSc1nc(NC2CCC(OCCOC(C)(C)C)C2)c([N+](=O)[O-])c(N(C(=O)OC(C)(C)C)C2CC2)n1. The quantitative estimate of drug-likeness (QED) is 0.109. The zero-order valence-electron chi connectivity index (χ0n) is 23.7. The van der Waals surface area contributed by atoms with Gasteiger partial charge in [0.1, 0.15) is 5.60 Å². The Balaban J connectivity index is 1.84. The molecule has 1 aromatic rings. The number of nitro groups is 1. The van der Waals surface area contributed by atoms with E-state index >= 15 is 0 Å². The summed E-state index contributed by atoms with van der Waals surface area (Å²) < 4.78 is 17.3. The van der Waals surface area contributed by atoms with Crippen molar-refractivity contribution in [3.05, 3.63) is 10.1 Å². The van der Waals surface area contributed by atoms with Crippen LogP contribution in [-0.4, -0.2) is 69.3 Å². The topological polar surface area (TPSA) is 129 Å². The summed E-state index contributed by atoms with van der Waals surface area (Å²) in [7, 11) is 0. The molecule has 3 rings (SSSR count). The molecule has 2 atom stereocenters. The van der Waals surface area contributed by atoms with Gasteiger partial charge in [-0.05, 0) is 80.1 Å². The molecule has 0 saturated heterocycles. The minimum Gasteiger partial charge on any atom is -0.443 e. The number of hydrogen-bond acceptors (Lipinski definition) is 10.